The molecular weight excluding hydrogens is 312 g/mol. The lowest BCUT2D eigenvalue weighted by molar-refractivity contribution is 0.0834. The molecule has 2 aromatic rings. The molecule has 0 unspecified atom stereocenters. The van der Waals surface area contributed by atoms with Gasteiger partial charge in [0.2, 0.25) is 0 Å². The number of rotatable bonds is 6. The van der Waals surface area contributed by atoms with Crippen LogP contribution >= 0.6 is 0 Å². The van der Waals surface area contributed by atoms with Gasteiger partial charge in [0.1, 0.15) is 11.6 Å². The van der Waals surface area contributed by atoms with Gasteiger partial charge >= 0.3 is 0 Å². The minimum atomic E-state index is -0.635. The second-order valence-corrected chi connectivity index (χ2v) is 6.26. The Balaban J connectivity index is 1.47. The van der Waals surface area contributed by atoms with Crippen molar-refractivity contribution in [3.05, 3.63) is 54.1 Å². The van der Waals surface area contributed by atoms with Gasteiger partial charge in [0.05, 0.1) is 11.9 Å². The Morgan fingerprint density at radius 3 is 2.71 bits per heavy atom. The molecule has 0 atom stereocenters. The lowest BCUT2D eigenvalue weighted by atomic mass is 9.88. The summed E-state index contributed by atoms with van der Waals surface area (Å²) in [5.74, 6) is -1.70. The van der Waals surface area contributed by atoms with Gasteiger partial charge in [-0.3, -0.25) is 4.79 Å². The number of nitrogens with zero attached hydrogens (tertiary/aromatic N) is 3. The standard InChI is InChI=1S/C18H21F2N3O/c19-15-2-3-17(20)16(12-15)18(24)14-4-9-22(10-5-14)7-1-8-23-11-6-21-13-23/h2-3,6,11-14H,1,4-5,7-10H2. The van der Waals surface area contributed by atoms with Crippen LogP contribution in [0.2, 0.25) is 0 Å². The van der Waals surface area contributed by atoms with Gasteiger partial charge in [0, 0.05) is 24.9 Å². The Labute approximate surface area is 140 Å². The van der Waals surface area contributed by atoms with Gasteiger partial charge in [-0.25, -0.2) is 13.8 Å². The number of aryl methyl sites for hydroxylation is 1. The fraction of sp³-hybridized carbons (Fsp3) is 0.444. The van der Waals surface area contributed by atoms with Crippen molar-refractivity contribution in [3.8, 4) is 0 Å². The van der Waals surface area contributed by atoms with Crippen LogP contribution in [-0.4, -0.2) is 39.9 Å². The molecule has 4 nitrogen and oxygen atoms in total. The number of carbonyl (C=O) groups excluding carboxylic acids is 1. The summed E-state index contributed by atoms with van der Waals surface area (Å²) in [4.78, 5) is 18.7. The van der Waals surface area contributed by atoms with E-state index in [0.29, 0.717) is 12.8 Å². The van der Waals surface area contributed by atoms with Crippen LogP contribution in [0.3, 0.4) is 0 Å². The van der Waals surface area contributed by atoms with E-state index in [0.717, 1.165) is 50.8 Å². The third-order valence-electron chi connectivity index (χ3n) is 4.60. The van der Waals surface area contributed by atoms with Crippen molar-refractivity contribution in [3.63, 3.8) is 0 Å². The molecule has 2 heterocycles. The Hall–Kier alpha value is -2.08. The number of carbonyl (C=O) groups is 1. The third-order valence-corrected chi connectivity index (χ3v) is 4.60. The van der Waals surface area contributed by atoms with Crippen LogP contribution in [0.25, 0.3) is 0 Å². The van der Waals surface area contributed by atoms with Crippen LogP contribution < -0.4 is 0 Å². The molecule has 0 bridgehead atoms. The van der Waals surface area contributed by atoms with Crippen LogP contribution in [0.4, 0.5) is 8.78 Å². The molecule has 1 aliphatic rings. The molecule has 0 saturated carbocycles. The SMILES string of the molecule is O=C(c1cc(F)ccc1F)C1CCN(CCCn2ccnc2)CC1. The van der Waals surface area contributed by atoms with Crippen LogP contribution in [0.5, 0.6) is 0 Å². The summed E-state index contributed by atoms with van der Waals surface area (Å²) in [7, 11) is 0. The van der Waals surface area contributed by atoms with Crippen LogP contribution in [0.1, 0.15) is 29.6 Å². The highest BCUT2D eigenvalue weighted by molar-refractivity contribution is 5.98. The molecule has 3 rings (SSSR count). The van der Waals surface area contributed by atoms with Gasteiger partial charge < -0.3 is 9.47 Å². The molecule has 128 valence electrons. The van der Waals surface area contributed by atoms with E-state index in [1.165, 1.54) is 0 Å². The summed E-state index contributed by atoms with van der Waals surface area (Å²) in [6.45, 7) is 3.52. The molecule has 0 spiro atoms. The van der Waals surface area contributed by atoms with E-state index in [9.17, 15) is 13.6 Å². The zero-order chi connectivity index (χ0) is 16.9. The molecule has 0 amide bonds. The number of aromatic nitrogens is 2. The van der Waals surface area contributed by atoms with E-state index >= 15 is 0 Å². The molecule has 1 aromatic carbocycles. The minimum absolute atomic E-state index is 0.117. The summed E-state index contributed by atoms with van der Waals surface area (Å²) < 4.78 is 29.1. The van der Waals surface area contributed by atoms with E-state index in [1.54, 1.807) is 12.5 Å². The second kappa shape index (κ2) is 7.66. The van der Waals surface area contributed by atoms with Crippen molar-refractivity contribution in [2.24, 2.45) is 5.92 Å². The van der Waals surface area contributed by atoms with Crippen molar-refractivity contribution in [2.75, 3.05) is 19.6 Å². The maximum absolute atomic E-state index is 13.7. The summed E-state index contributed by atoms with van der Waals surface area (Å²) in [6, 6.07) is 3.07. The summed E-state index contributed by atoms with van der Waals surface area (Å²) in [6.07, 6.45) is 7.92. The van der Waals surface area contributed by atoms with Crippen molar-refractivity contribution >= 4 is 5.78 Å². The average molecular weight is 333 g/mol. The largest absolute Gasteiger partial charge is 0.337 e. The normalized spacial score (nSPS) is 16.4. The molecular formula is C18H21F2N3O. The van der Waals surface area contributed by atoms with Crippen LogP contribution in [0.15, 0.2) is 36.9 Å². The molecule has 24 heavy (non-hydrogen) atoms. The molecule has 6 heteroatoms. The smallest absolute Gasteiger partial charge is 0.169 e. The number of benzene rings is 1. The number of likely N-dealkylation sites (tertiary alicyclic amines) is 1. The minimum Gasteiger partial charge on any atom is -0.337 e. The number of hydrogen-bond donors (Lipinski definition) is 0. The number of piperidine rings is 1. The average Bonchev–Trinajstić information content (AvgIpc) is 3.10. The van der Waals surface area contributed by atoms with Crippen molar-refractivity contribution in [1.82, 2.24) is 14.5 Å². The predicted molar refractivity (Wildman–Crippen MR) is 86.7 cm³/mol. The Bertz CT molecular complexity index is 680. The van der Waals surface area contributed by atoms with Gasteiger partial charge in [-0.05, 0) is 57.1 Å². The quantitative estimate of drug-likeness (QED) is 0.762. The van der Waals surface area contributed by atoms with Gasteiger partial charge in [0.15, 0.2) is 5.78 Å². The topological polar surface area (TPSA) is 38.1 Å². The van der Waals surface area contributed by atoms with E-state index in [4.69, 9.17) is 0 Å². The fourth-order valence-corrected chi connectivity index (χ4v) is 3.22. The molecule has 1 aliphatic heterocycles. The highest BCUT2D eigenvalue weighted by Crippen LogP contribution is 2.23. The first-order valence-corrected chi connectivity index (χ1v) is 8.31. The number of hydrogen-bond acceptors (Lipinski definition) is 3. The van der Waals surface area contributed by atoms with E-state index in [1.807, 2.05) is 10.8 Å². The maximum atomic E-state index is 13.7. The first kappa shape index (κ1) is 16.8. The van der Waals surface area contributed by atoms with Gasteiger partial charge in [-0.1, -0.05) is 0 Å². The number of Topliss-reactive ketones (excluding diaryl/α,β-unsaturated/α-hetero) is 1. The highest BCUT2D eigenvalue weighted by atomic mass is 19.1. The van der Waals surface area contributed by atoms with Crippen LogP contribution in [-0.2, 0) is 6.54 Å². The van der Waals surface area contributed by atoms with Crippen LogP contribution in [0, 0.1) is 17.6 Å². The fourth-order valence-electron chi connectivity index (χ4n) is 3.22. The Morgan fingerprint density at radius 1 is 1.21 bits per heavy atom. The lowest BCUT2D eigenvalue weighted by Crippen LogP contribution is -2.37. The molecule has 1 saturated heterocycles. The third kappa shape index (κ3) is 4.06. The van der Waals surface area contributed by atoms with E-state index in [-0.39, 0.29) is 17.3 Å². The second-order valence-electron chi connectivity index (χ2n) is 6.26. The summed E-state index contributed by atoms with van der Waals surface area (Å²) in [5, 5.41) is 0. The first-order chi connectivity index (χ1) is 11.6. The number of halogens is 2. The Kier molecular flexibility index (Phi) is 5.35. The molecule has 1 fully saturated rings. The molecule has 1 aromatic heterocycles. The maximum Gasteiger partial charge on any atom is 0.169 e. The molecule has 0 N–H and O–H groups in total. The van der Waals surface area contributed by atoms with Gasteiger partial charge in [-0.2, -0.15) is 0 Å². The van der Waals surface area contributed by atoms with Crippen molar-refractivity contribution < 1.29 is 13.6 Å². The highest BCUT2D eigenvalue weighted by Gasteiger charge is 2.27. The van der Waals surface area contributed by atoms with E-state index in [2.05, 4.69) is 9.88 Å². The van der Waals surface area contributed by atoms with Gasteiger partial charge in [-0.15, -0.1) is 0 Å². The number of ketones is 1. The van der Waals surface area contributed by atoms with E-state index < -0.39 is 11.6 Å². The monoisotopic (exact) mass is 333 g/mol. The Morgan fingerprint density at radius 2 is 2.00 bits per heavy atom. The van der Waals surface area contributed by atoms with Crippen molar-refractivity contribution in [1.29, 1.82) is 0 Å². The predicted octanol–water partition coefficient (Wildman–Crippen LogP) is 3.15. The zero-order valence-corrected chi connectivity index (χ0v) is 13.5. The summed E-state index contributed by atoms with van der Waals surface area (Å²) >= 11 is 0. The first-order valence-electron chi connectivity index (χ1n) is 8.31. The van der Waals surface area contributed by atoms with Gasteiger partial charge in [0.25, 0.3) is 0 Å². The molecule has 0 aliphatic carbocycles. The molecule has 0 radical (unpaired) electrons. The van der Waals surface area contributed by atoms with Crippen molar-refractivity contribution in [2.45, 2.75) is 25.8 Å². The number of imidazole rings is 1. The lowest BCUT2D eigenvalue weighted by Gasteiger charge is -2.31. The summed E-state index contributed by atoms with van der Waals surface area (Å²) in [5.41, 5.74) is -0.117. The zero-order valence-electron chi connectivity index (χ0n) is 13.5.